The van der Waals surface area contributed by atoms with E-state index >= 15 is 0 Å². The zero-order valence-electron chi connectivity index (χ0n) is 9.43. The Morgan fingerprint density at radius 1 is 1.12 bits per heavy atom. The van der Waals surface area contributed by atoms with Crippen LogP contribution in [0.4, 0.5) is 4.39 Å². The van der Waals surface area contributed by atoms with Gasteiger partial charge in [0.25, 0.3) is 0 Å². The number of nitrogens with zero attached hydrogens (tertiary/aromatic N) is 1. The number of pyridine rings is 1. The third kappa shape index (κ3) is 3.01. The van der Waals surface area contributed by atoms with E-state index in [-0.39, 0.29) is 11.9 Å². The highest BCUT2D eigenvalue weighted by Crippen LogP contribution is 2.21. The summed E-state index contributed by atoms with van der Waals surface area (Å²) >= 11 is 0. The molecule has 3 nitrogen and oxygen atoms in total. The van der Waals surface area contributed by atoms with Gasteiger partial charge in [0.1, 0.15) is 17.3 Å². The Bertz CT molecular complexity index is 480. The smallest absolute Gasteiger partial charge is 0.145 e. The number of ether oxygens (including phenoxy) is 1. The van der Waals surface area contributed by atoms with Crippen molar-refractivity contribution in [2.45, 2.75) is 13.0 Å². The van der Waals surface area contributed by atoms with Crippen LogP contribution in [-0.2, 0) is 0 Å². The zero-order valence-corrected chi connectivity index (χ0v) is 9.43. The zero-order chi connectivity index (χ0) is 12.3. The minimum absolute atomic E-state index is 0.102. The molecule has 2 aromatic rings. The summed E-state index contributed by atoms with van der Waals surface area (Å²) in [7, 11) is 0. The molecule has 0 saturated carbocycles. The molecule has 0 fully saturated rings. The van der Waals surface area contributed by atoms with Crippen LogP contribution in [0.15, 0.2) is 42.6 Å². The standard InChI is InChI=1S/C13H13FN2O/c1-9(15)13-7-6-12(8-16-13)17-11-4-2-10(14)3-5-11/h2-9H,15H2,1H3/t9-/m1/s1. The Morgan fingerprint density at radius 2 is 1.76 bits per heavy atom. The predicted octanol–water partition coefficient (Wildman–Crippen LogP) is 3.03. The number of rotatable bonds is 3. The number of benzene rings is 1. The Balaban J connectivity index is 2.11. The van der Waals surface area contributed by atoms with E-state index in [1.54, 1.807) is 24.4 Å². The molecular formula is C13H13FN2O. The summed E-state index contributed by atoms with van der Waals surface area (Å²) in [6.45, 7) is 1.86. The summed E-state index contributed by atoms with van der Waals surface area (Å²) < 4.78 is 18.2. The molecular weight excluding hydrogens is 219 g/mol. The summed E-state index contributed by atoms with van der Waals surface area (Å²) in [6, 6.07) is 9.32. The van der Waals surface area contributed by atoms with Crippen LogP contribution >= 0.6 is 0 Å². The fourth-order valence-corrected chi connectivity index (χ4v) is 1.36. The van der Waals surface area contributed by atoms with Crippen LogP contribution in [0, 0.1) is 5.82 Å². The highest BCUT2D eigenvalue weighted by atomic mass is 19.1. The average Bonchev–Trinajstić information content (AvgIpc) is 2.33. The molecule has 4 heteroatoms. The van der Waals surface area contributed by atoms with Gasteiger partial charge in [-0.1, -0.05) is 0 Å². The van der Waals surface area contributed by atoms with Gasteiger partial charge in [-0.15, -0.1) is 0 Å². The Morgan fingerprint density at radius 3 is 2.29 bits per heavy atom. The van der Waals surface area contributed by atoms with Crippen LogP contribution in [0.2, 0.25) is 0 Å². The van der Waals surface area contributed by atoms with Gasteiger partial charge in [0, 0.05) is 6.04 Å². The number of hydrogen-bond donors (Lipinski definition) is 1. The maximum absolute atomic E-state index is 12.7. The van der Waals surface area contributed by atoms with E-state index < -0.39 is 0 Å². The summed E-state index contributed by atoms with van der Waals surface area (Å²) in [6.07, 6.45) is 1.60. The fraction of sp³-hybridized carbons (Fsp3) is 0.154. The van der Waals surface area contributed by atoms with Gasteiger partial charge in [-0.3, -0.25) is 4.98 Å². The number of halogens is 1. The molecule has 1 aromatic carbocycles. The Labute approximate surface area is 99.1 Å². The van der Waals surface area contributed by atoms with E-state index in [2.05, 4.69) is 4.98 Å². The summed E-state index contributed by atoms with van der Waals surface area (Å²) in [5.41, 5.74) is 6.49. The van der Waals surface area contributed by atoms with E-state index in [1.807, 2.05) is 13.0 Å². The number of hydrogen-bond acceptors (Lipinski definition) is 3. The van der Waals surface area contributed by atoms with Crippen LogP contribution in [0.5, 0.6) is 11.5 Å². The fourth-order valence-electron chi connectivity index (χ4n) is 1.36. The van der Waals surface area contributed by atoms with E-state index in [0.717, 1.165) is 5.69 Å². The van der Waals surface area contributed by atoms with Gasteiger partial charge in [0.2, 0.25) is 0 Å². The van der Waals surface area contributed by atoms with E-state index in [9.17, 15) is 4.39 Å². The van der Waals surface area contributed by atoms with Gasteiger partial charge >= 0.3 is 0 Å². The second-order valence-corrected chi connectivity index (χ2v) is 3.76. The molecule has 17 heavy (non-hydrogen) atoms. The van der Waals surface area contributed by atoms with E-state index in [4.69, 9.17) is 10.5 Å². The van der Waals surface area contributed by atoms with Crippen molar-refractivity contribution in [3.8, 4) is 11.5 Å². The van der Waals surface area contributed by atoms with E-state index in [1.165, 1.54) is 12.1 Å². The van der Waals surface area contributed by atoms with Crippen molar-refractivity contribution in [3.63, 3.8) is 0 Å². The molecule has 1 aromatic heterocycles. The lowest BCUT2D eigenvalue weighted by atomic mass is 10.2. The van der Waals surface area contributed by atoms with Gasteiger partial charge < -0.3 is 10.5 Å². The van der Waals surface area contributed by atoms with Crippen LogP contribution < -0.4 is 10.5 Å². The molecule has 0 amide bonds. The van der Waals surface area contributed by atoms with Crippen molar-refractivity contribution in [3.05, 3.63) is 54.1 Å². The molecule has 2 N–H and O–H groups in total. The molecule has 2 rings (SSSR count). The maximum atomic E-state index is 12.7. The van der Waals surface area contributed by atoms with Crippen molar-refractivity contribution in [1.29, 1.82) is 0 Å². The quantitative estimate of drug-likeness (QED) is 0.884. The van der Waals surface area contributed by atoms with Crippen LogP contribution in [0.25, 0.3) is 0 Å². The summed E-state index contributed by atoms with van der Waals surface area (Å²) in [5.74, 6) is 0.880. The van der Waals surface area contributed by atoms with Crippen LogP contribution in [0.1, 0.15) is 18.7 Å². The molecule has 0 aliphatic rings. The first-order valence-corrected chi connectivity index (χ1v) is 5.30. The third-order valence-corrected chi connectivity index (χ3v) is 2.28. The minimum atomic E-state index is -0.289. The highest BCUT2D eigenvalue weighted by Gasteiger charge is 2.02. The topological polar surface area (TPSA) is 48.1 Å². The monoisotopic (exact) mass is 232 g/mol. The molecule has 0 saturated heterocycles. The first kappa shape index (κ1) is 11.5. The normalized spacial score (nSPS) is 12.2. The minimum Gasteiger partial charge on any atom is -0.456 e. The van der Waals surface area contributed by atoms with Gasteiger partial charge in [0.15, 0.2) is 0 Å². The van der Waals surface area contributed by atoms with Gasteiger partial charge in [-0.05, 0) is 43.3 Å². The molecule has 0 aliphatic carbocycles. The largest absolute Gasteiger partial charge is 0.456 e. The number of aromatic nitrogens is 1. The lowest BCUT2D eigenvalue weighted by Gasteiger charge is -2.07. The lowest BCUT2D eigenvalue weighted by molar-refractivity contribution is 0.477. The molecule has 0 bridgehead atoms. The van der Waals surface area contributed by atoms with Crippen LogP contribution in [-0.4, -0.2) is 4.98 Å². The van der Waals surface area contributed by atoms with Gasteiger partial charge in [0.05, 0.1) is 11.9 Å². The highest BCUT2D eigenvalue weighted by molar-refractivity contribution is 5.30. The van der Waals surface area contributed by atoms with Crippen molar-refractivity contribution < 1.29 is 9.13 Å². The van der Waals surface area contributed by atoms with Crippen LogP contribution in [0.3, 0.4) is 0 Å². The molecule has 0 aliphatic heterocycles. The second kappa shape index (κ2) is 4.93. The average molecular weight is 232 g/mol. The summed E-state index contributed by atoms with van der Waals surface area (Å²) in [4.78, 5) is 4.17. The molecule has 88 valence electrons. The van der Waals surface area contributed by atoms with E-state index in [0.29, 0.717) is 11.5 Å². The predicted molar refractivity (Wildman–Crippen MR) is 63.3 cm³/mol. The molecule has 0 spiro atoms. The Hall–Kier alpha value is -1.94. The van der Waals surface area contributed by atoms with Crippen molar-refractivity contribution >= 4 is 0 Å². The third-order valence-electron chi connectivity index (χ3n) is 2.28. The summed E-state index contributed by atoms with van der Waals surface area (Å²) in [5, 5.41) is 0. The molecule has 1 heterocycles. The first-order valence-electron chi connectivity index (χ1n) is 5.30. The van der Waals surface area contributed by atoms with Crippen molar-refractivity contribution in [2.24, 2.45) is 5.73 Å². The molecule has 0 unspecified atom stereocenters. The van der Waals surface area contributed by atoms with Gasteiger partial charge in [-0.25, -0.2) is 4.39 Å². The van der Waals surface area contributed by atoms with Crippen molar-refractivity contribution in [2.75, 3.05) is 0 Å². The SMILES string of the molecule is C[C@@H](N)c1ccc(Oc2ccc(F)cc2)cn1. The lowest BCUT2D eigenvalue weighted by Crippen LogP contribution is -2.06. The number of nitrogens with two attached hydrogens (primary N) is 1. The van der Waals surface area contributed by atoms with Gasteiger partial charge in [-0.2, -0.15) is 0 Å². The second-order valence-electron chi connectivity index (χ2n) is 3.76. The maximum Gasteiger partial charge on any atom is 0.145 e. The van der Waals surface area contributed by atoms with Crippen molar-refractivity contribution in [1.82, 2.24) is 4.98 Å². The Kier molecular flexibility index (Phi) is 3.35. The first-order chi connectivity index (χ1) is 8.15. The molecule has 1 atom stereocenters. The molecule has 0 radical (unpaired) electrons.